The van der Waals surface area contributed by atoms with E-state index in [0.717, 1.165) is 17.9 Å². The normalized spacial score (nSPS) is 24.0. The Balaban J connectivity index is 1.55. The lowest BCUT2D eigenvalue weighted by Crippen LogP contribution is -2.47. The van der Waals surface area contributed by atoms with Crippen molar-refractivity contribution in [2.24, 2.45) is 5.92 Å². The SMILES string of the molecule is CCC(C1CCN(C)CC1)N1CCC(c2ccc(C)cc2)CC1. The maximum atomic E-state index is 2.82. The predicted molar refractivity (Wildman–Crippen MR) is 99.0 cm³/mol. The molecule has 2 aliphatic rings. The van der Waals surface area contributed by atoms with Crippen LogP contribution < -0.4 is 0 Å². The Labute approximate surface area is 142 Å². The maximum Gasteiger partial charge on any atom is 0.0122 e. The molecule has 2 saturated heterocycles. The van der Waals surface area contributed by atoms with Crippen molar-refractivity contribution in [3.05, 3.63) is 35.4 Å². The van der Waals surface area contributed by atoms with Crippen LogP contribution in [0.25, 0.3) is 0 Å². The van der Waals surface area contributed by atoms with Gasteiger partial charge in [0.05, 0.1) is 0 Å². The smallest absolute Gasteiger partial charge is 0.0122 e. The summed E-state index contributed by atoms with van der Waals surface area (Å²) in [6.07, 6.45) is 6.79. The molecule has 2 heteroatoms. The Hall–Kier alpha value is -0.860. The van der Waals surface area contributed by atoms with Crippen LogP contribution in [0.5, 0.6) is 0 Å². The van der Waals surface area contributed by atoms with Gasteiger partial charge in [0.15, 0.2) is 0 Å². The summed E-state index contributed by atoms with van der Waals surface area (Å²) in [5, 5.41) is 0. The van der Waals surface area contributed by atoms with E-state index in [0.29, 0.717) is 0 Å². The van der Waals surface area contributed by atoms with Gasteiger partial charge in [-0.05, 0) is 89.7 Å². The lowest BCUT2D eigenvalue weighted by Gasteiger charge is -2.43. The van der Waals surface area contributed by atoms with Crippen molar-refractivity contribution in [2.75, 3.05) is 33.2 Å². The highest BCUT2D eigenvalue weighted by Crippen LogP contribution is 2.33. The summed E-state index contributed by atoms with van der Waals surface area (Å²) in [6.45, 7) is 9.75. The Kier molecular flexibility index (Phi) is 5.76. The number of benzene rings is 1. The quantitative estimate of drug-likeness (QED) is 0.818. The van der Waals surface area contributed by atoms with Crippen LogP contribution in [-0.4, -0.2) is 49.1 Å². The van der Waals surface area contributed by atoms with Gasteiger partial charge < -0.3 is 9.80 Å². The molecule has 3 rings (SSSR count). The molecule has 0 radical (unpaired) electrons. The summed E-state index contributed by atoms with van der Waals surface area (Å²) < 4.78 is 0. The lowest BCUT2D eigenvalue weighted by atomic mass is 9.83. The largest absolute Gasteiger partial charge is 0.306 e. The second kappa shape index (κ2) is 7.81. The summed E-state index contributed by atoms with van der Waals surface area (Å²) in [5.74, 6) is 1.70. The van der Waals surface area contributed by atoms with Gasteiger partial charge in [-0.15, -0.1) is 0 Å². The highest BCUT2D eigenvalue weighted by atomic mass is 15.2. The van der Waals surface area contributed by atoms with Crippen LogP contribution in [0.4, 0.5) is 0 Å². The first-order valence-corrected chi connectivity index (χ1v) is 9.66. The van der Waals surface area contributed by atoms with Crippen LogP contribution >= 0.6 is 0 Å². The van der Waals surface area contributed by atoms with Crippen LogP contribution in [-0.2, 0) is 0 Å². The molecule has 1 aromatic carbocycles. The maximum absolute atomic E-state index is 2.82. The van der Waals surface area contributed by atoms with Crippen molar-refractivity contribution in [3.8, 4) is 0 Å². The monoisotopic (exact) mass is 314 g/mol. The van der Waals surface area contributed by atoms with Crippen molar-refractivity contribution < 1.29 is 0 Å². The molecule has 0 saturated carbocycles. The van der Waals surface area contributed by atoms with Crippen LogP contribution in [0, 0.1) is 12.8 Å². The third-order valence-electron chi connectivity index (χ3n) is 6.27. The standard InChI is InChI=1S/C21H34N2/c1-4-21(20-9-13-22(3)14-10-20)23-15-11-19(12-16-23)18-7-5-17(2)6-8-18/h5-8,19-21H,4,9-16H2,1-3H3. The molecule has 0 aliphatic carbocycles. The number of rotatable bonds is 4. The number of hydrogen-bond acceptors (Lipinski definition) is 2. The van der Waals surface area contributed by atoms with E-state index in [1.54, 1.807) is 5.56 Å². The van der Waals surface area contributed by atoms with Crippen LogP contribution in [0.3, 0.4) is 0 Å². The van der Waals surface area contributed by atoms with Crippen LogP contribution in [0.15, 0.2) is 24.3 Å². The topological polar surface area (TPSA) is 6.48 Å². The third-order valence-corrected chi connectivity index (χ3v) is 6.27. The van der Waals surface area contributed by atoms with Gasteiger partial charge in [0.2, 0.25) is 0 Å². The van der Waals surface area contributed by atoms with Crippen molar-refractivity contribution in [1.29, 1.82) is 0 Å². The number of likely N-dealkylation sites (tertiary alicyclic amines) is 2. The fourth-order valence-electron chi connectivity index (χ4n) is 4.71. The minimum Gasteiger partial charge on any atom is -0.306 e. The van der Waals surface area contributed by atoms with E-state index in [9.17, 15) is 0 Å². The molecule has 2 aliphatic heterocycles. The van der Waals surface area contributed by atoms with E-state index in [2.05, 4.69) is 55.0 Å². The molecule has 1 atom stereocenters. The summed E-state index contributed by atoms with van der Waals surface area (Å²) in [4.78, 5) is 5.31. The van der Waals surface area contributed by atoms with Crippen molar-refractivity contribution in [3.63, 3.8) is 0 Å². The van der Waals surface area contributed by atoms with Crippen molar-refractivity contribution in [2.45, 2.75) is 57.9 Å². The molecule has 0 aromatic heterocycles. The highest BCUT2D eigenvalue weighted by molar-refractivity contribution is 5.25. The molecule has 2 nitrogen and oxygen atoms in total. The van der Waals surface area contributed by atoms with E-state index < -0.39 is 0 Å². The number of nitrogens with zero attached hydrogens (tertiary/aromatic N) is 2. The Morgan fingerprint density at radius 1 is 0.957 bits per heavy atom. The summed E-state index contributed by atoms with van der Waals surface area (Å²) in [6, 6.07) is 10.1. The zero-order valence-electron chi connectivity index (χ0n) is 15.3. The average molecular weight is 315 g/mol. The number of aryl methyl sites for hydroxylation is 1. The number of piperidine rings is 2. The zero-order chi connectivity index (χ0) is 16.2. The molecule has 0 N–H and O–H groups in total. The minimum absolute atomic E-state index is 0.779. The average Bonchev–Trinajstić information content (AvgIpc) is 2.59. The summed E-state index contributed by atoms with van der Waals surface area (Å²) >= 11 is 0. The van der Waals surface area contributed by atoms with E-state index in [1.165, 1.54) is 63.8 Å². The van der Waals surface area contributed by atoms with Crippen LogP contribution in [0.1, 0.15) is 56.1 Å². The van der Waals surface area contributed by atoms with Gasteiger partial charge >= 0.3 is 0 Å². The molecule has 1 unspecified atom stereocenters. The first-order chi connectivity index (χ1) is 11.2. The van der Waals surface area contributed by atoms with Crippen LogP contribution in [0.2, 0.25) is 0 Å². The van der Waals surface area contributed by atoms with Gasteiger partial charge in [-0.2, -0.15) is 0 Å². The number of hydrogen-bond donors (Lipinski definition) is 0. The summed E-state index contributed by atoms with van der Waals surface area (Å²) in [5.41, 5.74) is 2.93. The van der Waals surface area contributed by atoms with Crippen molar-refractivity contribution >= 4 is 0 Å². The van der Waals surface area contributed by atoms with E-state index in [4.69, 9.17) is 0 Å². The predicted octanol–water partition coefficient (Wildman–Crippen LogP) is 4.29. The van der Waals surface area contributed by atoms with E-state index in [-0.39, 0.29) is 0 Å². The molecule has 2 fully saturated rings. The molecule has 128 valence electrons. The molecule has 1 aromatic rings. The van der Waals surface area contributed by atoms with Crippen molar-refractivity contribution in [1.82, 2.24) is 9.80 Å². The zero-order valence-corrected chi connectivity index (χ0v) is 15.3. The molecule has 2 heterocycles. The van der Waals surface area contributed by atoms with Gasteiger partial charge in [-0.3, -0.25) is 0 Å². The Bertz CT molecular complexity index is 465. The van der Waals surface area contributed by atoms with E-state index >= 15 is 0 Å². The lowest BCUT2D eigenvalue weighted by molar-refractivity contribution is 0.0723. The van der Waals surface area contributed by atoms with Gasteiger partial charge in [0, 0.05) is 6.04 Å². The van der Waals surface area contributed by atoms with E-state index in [1.807, 2.05) is 0 Å². The van der Waals surface area contributed by atoms with Gasteiger partial charge in [0.1, 0.15) is 0 Å². The Morgan fingerprint density at radius 3 is 2.13 bits per heavy atom. The molecule has 0 amide bonds. The first kappa shape index (κ1) is 17.0. The summed E-state index contributed by atoms with van der Waals surface area (Å²) in [7, 11) is 2.27. The molecular formula is C21H34N2. The molecule has 0 spiro atoms. The third kappa shape index (κ3) is 4.16. The second-order valence-corrected chi connectivity index (χ2v) is 7.84. The Morgan fingerprint density at radius 2 is 1.57 bits per heavy atom. The first-order valence-electron chi connectivity index (χ1n) is 9.66. The highest BCUT2D eigenvalue weighted by Gasteiger charge is 2.31. The minimum atomic E-state index is 0.779. The second-order valence-electron chi connectivity index (χ2n) is 7.84. The molecule has 23 heavy (non-hydrogen) atoms. The van der Waals surface area contributed by atoms with Gasteiger partial charge in [-0.25, -0.2) is 0 Å². The molecular weight excluding hydrogens is 280 g/mol. The van der Waals surface area contributed by atoms with Gasteiger partial charge in [0.25, 0.3) is 0 Å². The fraction of sp³-hybridized carbons (Fsp3) is 0.714. The molecule has 0 bridgehead atoms. The van der Waals surface area contributed by atoms with Gasteiger partial charge in [-0.1, -0.05) is 36.8 Å². The fourth-order valence-corrected chi connectivity index (χ4v) is 4.71.